The van der Waals surface area contributed by atoms with Crippen LogP contribution >= 0.6 is 11.6 Å². The number of benzene rings is 1. The number of carbonyl (C=O) groups is 1. The van der Waals surface area contributed by atoms with Crippen molar-refractivity contribution in [1.82, 2.24) is 4.90 Å². The van der Waals surface area contributed by atoms with Crippen LogP contribution in [0.2, 0.25) is 5.02 Å². The highest BCUT2D eigenvalue weighted by Gasteiger charge is 2.38. The van der Waals surface area contributed by atoms with Gasteiger partial charge in [0.2, 0.25) is 5.88 Å². The summed E-state index contributed by atoms with van der Waals surface area (Å²) in [5.41, 5.74) is 1.08. The SMILES string of the molecule is CC1=C(C(=O)OCC(C)C)[C@H](c2ccccc2Cl)C(C#N)=C(/N=C/N(C)C)O1. The molecule has 1 aliphatic rings. The first kappa shape index (κ1) is 21.5. The smallest absolute Gasteiger partial charge is 0.338 e. The number of ether oxygens (including phenoxy) is 2. The van der Waals surface area contributed by atoms with Crippen molar-refractivity contribution in [3.8, 4) is 6.07 Å². The van der Waals surface area contributed by atoms with Crippen LogP contribution in [0.4, 0.5) is 0 Å². The van der Waals surface area contributed by atoms with Crippen molar-refractivity contribution in [2.75, 3.05) is 20.7 Å². The van der Waals surface area contributed by atoms with Gasteiger partial charge in [-0.25, -0.2) is 9.79 Å². The van der Waals surface area contributed by atoms with Gasteiger partial charge in [0, 0.05) is 19.1 Å². The summed E-state index contributed by atoms with van der Waals surface area (Å²) in [6.45, 7) is 5.83. The van der Waals surface area contributed by atoms with Crippen LogP contribution in [-0.2, 0) is 14.3 Å². The molecule has 1 heterocycles. The molecular weight excluding hydrogens is 378 g/mol. The lowest BCUT2D eigenvalue weighted by atomic mass is 9.83. The maximum atomic E-state index is 12.9. The number of rotatable bonds is 6. The molecule has 0 amide bonds. The fraction of sp³-hybridized carbons (Fsp3) is 0.381. The summed E-state index contributed by atoms with van der Waals surface area (Å²) >= 11 is 6.41. The van der Waals surface area contributed by atoms with E-state index in [1.807, 2.05) is 27.9 Å². The van der Waals surface area contributed by atoms with Crippen LogP contribution in [0, 0.1) is 17.2 Å². The molecule has 0 bridgehead atoms. The fourth-order valence-corrected chi connectivity index (χ4v) is 2.95. The molecule has 0 radical (unpaired) electrons. The van der Waals surface area contributed by atoms with Gasteiger partial charge >= 0.3 is 5.97 Å². The van der Waals surface area contributed by atoms with Crippen LogP contribution in [-0.4, -0.2) is 37.9 Å². The van der Waals surface area contributed by atoms with Crippen molar-refractivity contribution in [3.63, 3.8) is 0 Å². The van der Waals surface area contributed by atoms with Crippen LogP contribution in [0.1, 0.15) is 32.3 Å². The van der Waals surface area contributed by atoms with Gasteiger partial charge in [-0.1, -0.05) is 43.6 Å². The molecule has 0 saturated carbocycles. The van der Waals surface area contributed by atoms with Crippen molar-refractivity contribution in [1.29, 1.82) is 5.26 Å². The Morgan fingerprint density at radius 2 is 2.11 bits per heavy atom. The second-order valence-corrected chi connectivity index (χ2v) is 7.46. The van der Waals surface area contributed by atoms with E-state index in [2.05, 4.69) is 11.1 Å². The molecule has 2 rings (SSSR count). The highest BCUT2D eigenvalue weighted by Crippen LogP contribution is 2.43. The zero-order valence-electron chi connectivity index (χ0n) is 16.7. The fourth-order valence-electron chi connectivity index (χ4n) is 2.70. The predicted octanol–water partition coefficient (Wildman–Crippen LogP) is 4.25. The third-order valence-corrected chi connectivity index (χ3v) is 4.29. The van der Waals surface area contributed by atoms with E-state index in [4.69, 9.17) is 21.1 Å². The second kappa shape index (κ2) is 9.43. The van der Waals surface area contributed by atoms with Gasteiger partial charge in [0.15, 0.2) is 0 Å². The van der Waals surface area contributed by atoms with Crippen molar-refractivity contribution in [2.45, 2.75) is 26.7 Å². The highest BCUT2D eigenvalue weighted by molar-refractivity contribution is 6.31. The van der Waals surface area contributed by atoms with Crippen molar-refractivity contribution >= 4 is 23.9 Å². The molecule has 7 heteroatoms. The average molecular weight is 402 g/mol. The van der Waals surface area contributed by atoms with Gasteiger partial charge in [-0.05, 0) is 24.5 Å². The number of nitriles is 1. The Bertz CT molecular complexity index is 879. The Morgan fingerprint density at radius 1 is 1.43 bits per heavy atom. The summed E-state index contributed by atoms with van der Waals surface area (Å²) in [5, 5.41) is 10.3. The molecule has 6 nitrogen and oxygen atoms in total. The maximum absolute atomic E-state index is 12.9. The van der Waals surface area contributed by atoms with Gasteiger partial charge < -0.3 is 14.4 Å². The molecule has 1 aliphatic heterocycles. The van der Waals surface area contributed by atoms with Gasteiger partial charge in [-0.15, -0.1) is 0 Å². The van der Waals surface area contributed by atoms with Crippen LogP contribution < -0.4 is 0 Å². The van der Waals surface area contributed by atoms with E-state index in [0.717, 1.165) is 0 Å². The third-order valence-electron chi connectivity index (χ3n) is 3.95. The first-order valence-electron chi connectivity index (χ1n) is 8.91. The largest absolute Gasteiger partial charge is 0.462 e. The van der Waals surface area contributed by atoms with E-state index >= 15 is 0 Å². The monoisotopic (exact) mass is 401 g/mol. The molecular formula is C21H24ClN3O3. The molecule has 1 aromatic carbocycles. The highest BCUT2D eigenvalue weighted by atomic mass is 35.5. The summed E-state index contributed by atoms with van der Waals surface area (Å²) in [7, 11) is 3.61. The Balaban J connectivity index is 2.61. The normalized spacial score (nSPS) is 17.0. The Labute approximate surface area is 170 Å². The summed E-state index contributed by atoms with van der Waals surface area (Å²) in [4.78, 5) is 18.8. The standard InChI is InChI=1S/C21H24ClN3O3/c1-13(2)11-27-21(26)18-14(3)28-20(24-12-25(4)5)16(10-23)19(18)15-8-6-7-9-17(15)22/h6-9,12-13,19H,11H2,1-5H3/b24-12+/t19-/m1/s1. The first-order valence-corrected chi connectivity index (χ1v) is 9.29. The molecule has 0 aromatic heterocycles. The molecule has 0 N–H and O–H groups in total. The lowest BCUT2D eigenvalue weighted by molar-refractivity contribution is -0.140. The summed E-state index contributed by atoms with van der Waals surface area (Å²) < 4.78 is 11.2. The molecule has 0 spiro atoms. The molecule has 0 unspecified atom stereocenters. The van der Waals surface area contributed by atoms with Crippen LogP contribution in [0.5, 0.6) is 0 Å². The number of carbonyl (C=O) groups excluding carboxylic acids is 1. The lowest BCUT2D eigenvalue weighted by Crippen LogP contribution is -2.24. The number of nitrogens with zero attached hydrogens (tertiary/aromatic N) is 3. The van der Waals surface area contributed by atoms with Gasteiger partial charge in [0.05, 0.1) is 24.4 Å². The maximum Gasteiger partial charge on any atom is 0.338 e. The topological polar surface area (TPSA) is 74.9 Å². The number of halogens is 1. The minimum atomic E-state index is -0.721. The van der Waals surface area contributed by atoms with Gasteiger partial charge in [0.25, 0.3) is 0 Å². The zero-order valence-corrected chi connectivity index (χ0v) is 17.4. The Morgan fingerprint density at radius 3 is 2.68 bits per heavy atom. The lowest BCUT2D eigenvalue weighted by Gasteiger charge is -2.27. The van der Waals surface area contributed by atoms with Gasteiger partial charge in [-0.2, -0.15) is 5.26 Å². The average Bonchev–Trinajstić information content (AvgIpc) is 2.64. The minimum absolute atomic E-state index is 0.138. The van der Waals surface area contributed by atoms with Crippen molar-refractivity contribution in [3.05, 3.63) is 57.6 Å². The molecule has 28 heavy (non-hydrogen) atoms. The molecule has 1 atom stereocenters. The number of aliphatic imine (C=N–C) groups is 1. The van der Waals surface area contributed by atoms with Gasteiger partial charge in [0.1, 0.15) is 17.4 Å². The second-order valence-electron chi connectivity index (χ2n) is 7.06. The molecule has 0 aliphatic carbocycles. The number of allylic oxidation sites excluding steroid dienone is 2. The van der Waals surface area contributed by atoms with E-state index in [0.29, 0.717) is 16.3 Å². The van der Waals surface area contributed by atoms with Crippen molar-refractivity contribution < 1.29 is 14.3 Å². The Hall–Kier alpha value is -2.78. The zero-order chi connectivity index (χ0) is 20.8. The molecule has 0 saturated heterocycles. The molecule has 1 aromatic rings. The van der Waals surface area contributed by atoms with Gasteiger partial charge in [-0.3, -0.25) is 0 Å². The summed E-state index contributed by atoms with van der Waals surface area (Å²) in [6.07, 6.45) is 1.53. The van der Waals surface area contributed by atoms with E-state index in [9.17, 15) is 10.1 Å². The predicted molar refractivity (Wildman–Crippen MR) is 109 cm³/mol. The minimum Gasteiger partial charge on any atom is -0.462 e. The number of hydrogen-bond donors (Lipinski definition) is 0. The molecule has 148 valence electrons. The van der Waals surface area contributed by atoms with E-state index in [1.54, 1.807) is 36.1 Å². The van der Waals surface area contributed by atoms with E-state index < -0.39 is 11.9 Å². The van der Waals surface area contributed by atoms with Crippen LogP contribution in [0.15, 0.2) is 52.0 Å². The van der Waals surface area contributed by atoms with E-state index in [1.165, 1.54) is 6.34 Å². The Kier molecular flexibility index (Phi) is 7.24. The number of esters is 1. The molecule has 0 fully saturated rings. The van der Waals surface area contributed by atoms with Crippen LogP contribution in [0.3, 0.4) is 0 Å². The summed E-state index contributed by atoms with van der Waals surface area (Å²) in [5.74, 6) is -0.595. The first-order chi connectivity index (χ1) is 13.3. The summed E-state index contributed by atoms with van der Waals surface area (Å²) in [6, 6.07) is 9.25. The number of hydrogen-bond acceptors (Lipinski definition) is 5. The van der Waals surface area contributed by atoms with Crippen molar-refractivity contribution in [2.24, 2.45) is 10.9 Å². The quantitative estimate of drug-likeness (QED) is 0.404. The van der Waals surface area contributed by atoms with E-state index in [-0.39, 0.29) is 29.6 Å². The third kappa shape index (κ3) is 4.93. The van der Waals surface area contributed by atoms with Crippen LogP contribution in [0.25, 0.3) is 0 Å².